The summed E-state index contributed by atoms with van der Waals surface area (Å²) in [7, 11) is 0. The zero-order valence-corrected chi connectivity index (χ0v) is 16.6. The lowest BCUT2D eigenvalue weighted by Gasteiger charge is -2.12. The highest BCUT2D eigenvalue weighted by Gasteiger charge is 2.32. The molecular formula is C24H23F5O. The molecule has 0 fully saturated rings. The molecule has 0 radical (unpaired) electrons. The van der Waals surface area contributed by atoms with E-state index in [9.17, 15) is 22.0 Å². The molecule has 0 heterocycles. The van der Waals surface area contributed by atoms with Crippen molar-refractivity contribution >= 4 is 10.8 Å². The van der Waals surface area contributed by atoms with Crippen LogP contribution in [0.1, 0.15) is 38.2 Å². The molecule has 3 aromatic rings. The molecule has 1 unspecified atom stereocenters. The first kappa shape index (κ1) is 22.1. The van der Waals surface area contributed by atoms with Gasteiger partial charge in [0.2, 0.25) is 0 Å². The number of hydrogen-bond acceptors (Lipinski definition) is 1. The molecule has 1 nitrogen and oxygen atoms in total. The number of rotatable bonds is 8. The highest BCUT2D eigenvalue weighted by atomic mass is 19.4. The summed E-state index contributed by atoms with van der Waals surface area (Å²) in [5.74, 6) is -1.91. The summed E-state index contributed by atoms with van der Waals surface area (Å²) in [5, 5.41) is 0.507. The number of fused-ring (bicyclic) bond motifs is 1. The molecule has 0 aromatic heterocycles. The second-order valence-electron chi connectivity index (χ2n) is 7.36. The van der Waals surface area contributed by atoms with Crippen molar-refractivity contribution in [3.05, 3.63) is 66.0 Å². The number of hydrogen-bond donors (Lipinski definition) is 0. The lowest BCUT2D eigenvalue weighted by Crippen LogP contribution is -2.17. The standard InChI is InChI=1S/C24H23F5O/c1-2-3-4-5-20(25)14-16-6-8-17(9-7-16)18-10-12-21-19(15-18)11-13-22(23(21)26)30-24(27,28)29/h6-13,15,20H,2-5,14H2,1H3. The van der Waals surface area contributed by atoms with Crippen LogP contribution < -0.4 is 4.74 Å². The number of unbranched alkanes of at least 4 members (excludes halogenated alkanes) is 2. The average Bonchev–Trinajstić information content (AvgIpc) is 2.70. The first-order valence-corrected chi connectivity index (χ1v) is 9.98. The topological polar surface area (TPSA) is 9.23 Å². The van der Waals surface area contributed by atoms with Crippen molar-refractivity contribution in [2.75, 3.05) is 0 Å². The van der Waals surface area contributed by atoms with Gasteiger partial charge in [-0.2, -0.15) is 0 Å². The third kappa shape index (κ3) is 5.71. The highest BCUT2D eigenvalue weighted by molar-refractivity contribution is 5.89. The Hall–Kier alpha value is -2.63. The van der Waals surface area contributed by atoms with E-state index in [1.54, 1.807) is 12.1 Å². The predicted octanol–water partition coefficient (Wildman–Crippen LogP) is 8.01. The van der Waals surface area contributed by atoms with E-state index >= 15 is 0 Å². The Balaban J connectivity index is 1.76. The Kier molecular flexibility index (Phi) is 6.95. The van der Waals surface area contributed by atoms with Gasteiger partial charge in [0, 0.05) is 11.8 Å². The second kappa shape index (κ2) is 9.45. The van der Waals surface area contributed by atoms with E-state index in [2.05, 4.69) is 11.7 Å². The maximum Gasteiger partial charge on any atom is 0.573 e. The number of benzene rings is 3. The monoisotopic (exact) mass is 422 g/mol. The third-order valence-electron chi connectivity index (χ3n) is 5.01. The fourth-order valence-corrected chi connectivity index (χ4v) is 3.46. The van der Waals surface area contributed by atoms with Crippen molar-refractivity contribution in [1.82, 2.24) is 0 Å². The Labute approximate surface area is 172 Å². The summed E-state index contributed by atoms with van der Waals surface area (Å²) in [4.78, 5) is 0. The molecule has 0 saturated carbocycles. The maximum atomic E-state index is 14.4. The van der Waals surface area contributed by atoms with Crippen LogP contribution in [0.3, 0.4) is 0 Å². The van der Waals surface area contributed by atoms with Crippen molar-refractivity contribution < 1.29 is 26.7 Å². The van der Waals surface area contributed by atoms with Gasteiger partial charge in [-0.15, -0.1) is 13.2 Å². The summed E-state index contributed by atoms with van der Waals surface area (Å²) in [6.45, 7) is 2.09. The van der Waals surface area contributed by atoms with Crippen LogP contribution in [0.15, 0.2) is 54.6 Å². The molecule has 1 atom stereocenters. The molecule has 3 rings (SSSR count). The van der Waals surface area contributed by atoms with E-state index in [4.69, 9.17) is 0 Å². The van der Waals surface area contributed by atoms with Crippen LogP contribution >= 0.6 is 0 Å². The minimum absolute atomic E-state index is 0.0458. The molecule has 0 bridgehead atoms. The van der Waals surface area contributed by atoms with Gasteiger partial charge in [-0.3, -0.25) is 0 Å². The van der Waals surface area contributed by atoms with E-state index in [-0.39, 0.29) is 5.39 Å². The van der Waals surface area contributed by atoms with Gasteiger partial charge in [0.15, 0.2) is 11.6 Å². The van der Waals surface area contributed by atoms with Crippen molar-refractivity contribution in [2.24, 2.45) is 0 Å². The van der Waals surface area contributed by atoms with Crippen LogP contribution in [-0.2, 0) is 6.42 Å². The molecular weight excluding hydrogens is 399 g/mol. The van der Waals surface area contributed by atoms with E-state index in [1.165, 1.54) is 12.1 Å². The first-order valence-electron chi connectivity index (χ1n) is 9.98. The summed E-state index contributed by atoms with van der Waals surface area (Å²) >= 11 is 0. The van der Waals surface area contributed by atoms with Crippen LogP contribution in [0.5, 0.6) is 5.75 Å². The normalized spacial score (nSPS) is 12.9. The zero-order chi connectivity index (χ0) is 21.7. The molecule has 160 valence electrons. The average molecular weight is 422 g/mol. The smallest absolute Gasteiger partial charge is 0.403 e. The molecule has 0 aliphatic carbocycles. The van der Waals surface area contributed by atoms with E-state index in [1.807, 2.05) is 24.3 Å². The van der Waals surface area contributed by atoms with Gasteiger partial charge in [-0.05, 0) is 40.6 Å². The lowest BCUT2D eigenvalue weighted by atomic mass is 9.98. The molecule has 0 N–H and O–H groups in total. The van der Waals surface area contributed by atoms with Crippen molar-refractivity contribution in [3.63, 3.8) is 0 Å². The Morgan fingerprint density at radius 3 is 2.27 bits per heavy atom. The first-order chi connectivity index (χ1) is 14.3. The molecule has 0 amide bonds. The summed E-state index contributed by atoms with van der Waals surface area (Å²) < 4.78 is 69.3. The minimum Gasteiger partial charge on any atom is -0.403 e. The Morgan fingerprint density at radius 1 is 0.900 bits per heavy atom. The summed E-state index contributed by atoms with van der Waals surface area (Å²) in [5.41, 5.74) is 2.55. The van der Waals surface area contributed by atoms with Crippen molar-refractivity contribution in [1.29, 1.82) is 0 Å². The van der Waals surface area contributed by atoms with Gasteiger partial charge >= 0.3 is 6.36 Å². The number of ether oxygens (including phenoxy) is 1. The van der Waals surface area contributed by atoms with E-state index in [0.29, 0.717) is 18.2 Å². The van der Waals surface area contributed by atoms with Gasteiger partial charge in [-0.25, -0.2) is 8.78 Å². The molecule has 30 heavy (non-hydrogen) atoms. The van der Waals surface area contributed by atoms with E-state index < -0.39 is 24.1 Å². The largest absolute Gasteiger partial charge is 0.573 e. The van der Waals surface area contributed by atoms with Gasteiger partial charge in [-0.1, -0.05) is 68.7 Å². The van der Waals surface area contributed by atoms with Crippen LogP contribution in [0.4, 0.5) is 22.0 Å². The molecule has 0 saturated heterocycles. The van der Waals surface area contributed by atoms with Gasteiger partial charge in [0.1, 0.15) is 6.17 Å². The molecule has 0 aliphatic rings. The predicted molar refractivity (Wildman–Crippen MR) is 109 cm³/mol. The third-order valence-corrected chi connectivity index (χ3v) is 5.01. The minimum atomic E-state index is -4.95. The Bertz CT molecular complexity index is 979. The summed E-state index contributed by atoms with van der Waals surface area (Å²) in [6.07, 6.45) is -1.90. The van der Waals surface area contributed by atoms with Gasteiger partial charge < -0.3 is 4.74 Å². The van der Waals surface area contributed by atoms with E-state index in [0.717, 1.165) is 42.0 Å². The van der Waals surface area contributed by atoms with Crippen LogP contribution in [0.2, 0.25) is 0 Å². The number of alkyl halides is 4. The van der Waals surface area contributed by atoms with Crippen molar-refractivity contribution in [3.8, 4) is 16.9 Å². The fraction of sp³-hybridized carbons (Fsp3) is 0.333. The van der Waals surface area contributed by atoms with Crippen LogP contribution in [0.25, 0.3) is 21.9 Å². The molecule has 0 spiro atoms. The lowest BCUT2D eigenvalue weighted by molar-refractivity contribution is -0.275. The van der Waals surface area contributed by atoms with Crippen molar-refractivity contribution in [2.45, 2.75) is 51.6 Å². The maximum absolute atomic E-state index is 14.4. The Morgan fingerprint density at radius 2 is 1.60 bits per heavy atom. The van der Waals surface area contributed by atoms with Crippen LogP contribution in [0, 0.1) is 5.82 Å². The zero-order valence-electron chi connectivity index (χ0n) is 16.6. The quantitative estimate of drug-likeness (QED) is 0.264. The molecule has 6 heteroatoms. The van der Waals surface area contributed by atoms with Crippen LogP contribution in [-0.4, -0.2) is 12.5 Å². The number of halogens is 5. The molecule has 3 aromatic carbocycles. The fourth-order valence-electron chi connectivity index (χ4n) is 3.46. The molecule has 0 aliphatic heterocycles. The van der Waals surface area contributed by atoms with Gasteiger partial charge in [0.05, 0.1) is 0 Å². The van der Waals surface area contributed by atoms with Gasteiger partial charge in [0.25, 0.3) is 0 Å². The second-order valence-corrected chi connectivity index (χ2v) is 7.36. The SMILES string of the molecule is CCCCCC(F)Cc1ccc(-c2ccc3c(F)c(OC(F)(F)F)ccc3c2)cc1. The highest BCUT2D eigenvalue weighted by Crippen LogP contribution is 2.33. The summed E-state index contributed by atoms with van der Waals surface area (Å²) in [6, 6.07) is 14.6.